The van der Waals surface area contributed by atoms with Crippen molar-refractivity contribution in [3.8, 4) is 11.8 Å². The van der Waals surface area contributed by atoms with Crippen LogP contribution in [0.2, 0.25) is 0 Å². The Morgan fingerprint density at radius 1 is 0.974 bits per heavy atom. The molecule has 7 nitrogen and oxygen atoms in total. The van der Waals surface area contributed by atoms with Crippen molar-refractivity contribution in [1.82, 2.24) is 14.8 Å². The van der Waals surface area contributed by atoms with Crippen molar-refractivity contribution in [2.75, 3.05) is 5.32 Å². The van der Waals surface area contributed by atoms with Crippen LogP contribution in [0.1, 0.15) is 73.3 Å². The highest BCUT2D eigenvalue weighted by Crippen LogP contribution is 2.26. The van der Waals surface area contributed by atoms with Crippen molar-refractivity contribution < 1.29 is 9.53 Å². The number of nitrogens with zero attached hydrogens (tertiary/aromatic N) is 4. The van der Waals surface area contributed by atoms with E-state index in [1.807, 2.05) is 80.8 Å². The fraction of sp³-hybridized carbons (Fsp3) is 0.312. The minimum Gasteiger partial charge on any atom is -0.484 e. The fourth-order valence-corrected chi connectivity index (χ4v) is 4.57. The maximum atomic E-state index is 13.3. The molecule has 0 radical (unpaired) electrons. The molecule has 0 bridgehead atoms. The SMILES string of the molecule is C[C@@H](Oc1ccc(NC(=O)[C@@H](CCCCCCc2ccc(C#N)cc2)c2ccccc2)nc1)c1cnn(C)c1. The molecule has 1 amide bonds. The van der Waals surface area contributed by atoms with Gasteiger partial charge in [-0.15, -0.1) is 0 Å². The van der Waals surface area contributed by atoms with Crippen molar-refractivity contribution in [1.29, 1.82) is 5.26 Å². The Bertz CT molecular complexity index is 1360. The standard InChI is InChI=1S/C32H35N5O2/c1-24(28-21-35-37(2)23-28)39-29-18-19-31(34-22-29)36-32(38)30(27-11-7-5-8-12-27)13-9-4-3-6-10-25-14-16-26(20-33)17-15-25/h5,7-8,11-12,14-19,21-24,30H,3-4,6,9-10,13H2,1-2H3,(H,34,36,38)/t24-,30+/m1/s1. The summed E-state index contributed by atoms with van der Waals surface area (Å²) in [5.74, 6) is 0.839. The van der Waals surface area contributed by atoms with Gasteiger partial charge in [0, 0.05) is 18.8 Å². The molecular formula is C32H35N5O2. The van der Waals surface area contributed by atoms with Crippen LogP contribution in [0.25, 0.3) is 0 Å². The zero-order chi connectivity index (χ0) is 27.5. The molecule has 4 rings (SSSR count). The Morgan fingerprint density at radius 3 is 2.41 bits per heavy atom. The number of ether oxygens (including phenoxy) is 1. The molecule has 0 fully saturated rings. The molecule has 2 atom stereocenters. The molecule has 2 aromatic heterocycles. The second kappa shape index (κ2) is 13.9. The smallest absolute Gasteiger partial charge is 0.233 e. The third-order valence-corrected chi connectivity index (χ3v) is 6.80. The Hall–Kier alpha value is -4.44. The molecule has 0 saturated carbocycles. The molecule has 200 valence electrons. The van der Waals surface area contributed by atoms with Crippen LogP contribution in [0, 0.1) is 11.3 Å². The molecule has 2 heterocycles. The topological polar surface area (TPSA) is 92.8 Å². The summed E-state index contributed by atoms with van der Waals surface area (Å²) in [5.41, 5.74) is 3.94. The lowest BCUT2D eigenvalue weighted by molar-refractivity contribution is -0.117. The summed E-state index contributed by atoms with van der Waals surface area (Å²) >= 11 is 0. The number of amides is 1. The highest BCUT2D eigenvalue weighted by Gasteiger charge is 2.21. The molecule has 0 unspecified atom stereocenters. The molecule has 0 aliphatic rings. The van der Waals surface area contributed by atoms with Gasteiger partial charge in [-0.1, -0.05) is 61.7 Å². The lowest BCUT2D eigenvalue weighted by Gasteiger charge is -2.17. The first-order valence-electron chi connectivity index (χ1n) is 13.5. The van der Waals surface area contributed by atoms with Gasteiger partial charge in [-0.3, -0.25) is 9.48 Å². The third kappa shape index (κ3) is 8.27. The Kier molecular flexibility index (Phi) is 9.85. The Labute approximate surface area is 230 Å². The predicted molar refractivity (Wildman–Crippen MR) is 152 cm³/mol. The van der Waals surface area contributed by atoms with Crippen LogP contribution in [0.4, 0.5) is 5.82 Å². The number of benzene rings is 2. The molecule has 0 aliphatic heterocycles. The largest absolute Gasteiger partial charge is 0.484 e. The molecule has 7 heteroatoms. The molecule has 0 spiro atoms. The van der Waals surface area contributed by atoms with Crippen LogP contribution in [0.5, 0.6) is 5.75 Å². The molecule has 0 saturated heterocycles. The molecule has 0 aliphatic carbocycles. The maximum Gasteiger partial charge on any atom is 0.233 e. The number of nitriles is 1. The molecule has 1 N–H and O–H groups in total. The minimum atomic E-state index is -0.243. The van der Waals surface area contributed by atoms with E-state index in [4.69, 9.17) is 10.00 Å². The van der Waals surface area contributed by atoms with Gasteiger partial charge in [0.2, 0.25) is 5.91 Å². The van der Waals surface area contributed by atoms with Crippen LogP contribution >= 0.6 is 0 Å². The quantitative estimate of drug-likeness (QED) is 0.197. The summed E-state index contributed by atoms with van der Waals surface area (Å²) in [4.78, 5) is 17.7. The molecule has 39 heavy (non-hydrogen) atoms. The van der Waals surface area contributed by atoms with Crippen LogP contribution in [0.3, 0.4) is 0 Å². The Morgan fingerprint density at radius 2 is 1.74 bits per heavy atom. The zero-order valence-corrected chi connectivity index (χ0v) is 22.6. The van der Waals surface area contributed by atoms with E-state index in [-0.39, 0.29) is 17.9 Å². The predicted octanol–water partition coefficient (Wildman–Crippen LogP) is 6.74. The normalized spacial score (nSPS) is 12.3. The van der Waals surface area contributed by atoms with Crippen molar-refractivity contribution in [2.45, 2.75) is 57.5 Å². The van der Waals surface area contributed by atoms with Gasteiger partial charge in [0.25, 0.3) is 0 Å². The number of carbonyl (C=O) groups is 1. The van der Waals surface area contributed by atoms with Crippen LogP contribution in [-0.4, -0.2) is 20.7 Å². The van der Waals surface area contributed by atoms with Crippen molar-refractivity contribution in [3.63, 3.8) is 0 Å². The fourth-order valence-electron chi connectivity index (χ4n) is 4.57. The lowest BCUT2D eigenvalue weighted by Crippen LogP contribution is -2.22. The maximum absolute atomic E-state index is 13.3. The van der Waals surface area contributed by atoms with Gasteiger partial charge >= 0.3 is 0 Å². The summed E-state index contributed by atoms with van der Waals surface area (Å²) in [6, 6.07) is 23.5. The highest BCUT2D eigenvalue weighted by molar-refractivity contribution is 5.95. The van der Waals surface area contributed by atoms with E-state index < -0.39 is 0 Å². The highest BCUT2D eigenvalue weighted by atomic mass is 16.5. The van der Waals surface area contributed by atoms with E-state index in [0.717, 1.165) is 49.7 Å². The van der Waals surface area contributed by atoms with E-state index in [2.05, 4.69) is 21.5 Å². The molecule has 4 aromatic rings. The van der Waals surface area contributed by atoms with E-state index in [9.17, 15) is 4.79 Å². The lowest BCUT2D eigenvalue weighted by atomic mass is 9.92. The number of hydrogen-bond acceptors (Lipinski definition) is 5. The average Bonchev–Trinajstić information content (AvgIpc) is 3.41. The number of anilines is 1. The minimum absolute atomic E-state index is 0.0521. The number of rotatable bonds is 13. The zero-order valence-electron chi connectivity index (χ0n) is 22.6. The number of pyridine rings is 1. The summed E-state index contributed by atoms with van der Waals surface area (Å²) < 4.78 is 7.72. The van der Waals surface area contributed by atoms with Crippen molar-refractivity contribution in [2.24, 2.45) is 7.05 Å². The van der Waals surface area contributed by atoms with E-state index in [0.29, 0.717) is 17.1 Å². The van der Waals surface area contributed by atoms with Gasteiger partial charge < -0.3 is 10.1 Å². The van der Waals surface area contributed by atoms with Crippen LogP contribution < -0.4 is 10.1 Å². The van der Waals surface area contributed by atoms with E-state index in [1.54, 1.807) is 23.1 Å². The second-order valence-electron chi connectivity index (χ2n) is 9.80. The number of aromatic nitrogens is 3. The Balaban J connectivity index is 1.27. The summed E-state index contributed by atoms with van der Waals surface area (Å²) in [6.45, 7) is 1.96. The second-order valence-corrected chi connectivity index (χ2v) is 9.80. The monoisotopic (exact) mass is 521 g/mol. The van der Waals surface area contributed by atoms with Crippen molar-refractivity contribution >= 4 is 11.7 Å². The number of unbranched alkanes of at least 4 members (excludes halogenated alkanes) is 3. The van der Waals surface area contributed by atoms with Gasteiger partial charge in [-0.2, -0.15) is 10.4 Å². The number of carbonyl (C=O) groups excluding carboxylic acids is 1. The summed E-state index contributed by atoms with van der Waals surface area (Å²) in [6.07, 6.45) is 11.2. The first kappa shape index (κ1) is 27.6. The average molecular weight is 522 g/mol. The number of hydrogen-bond donors (Lipinski definition) is 1. The van der Waals surface area contributed by atoms with E-state index >= 15 is 0 Å². The number of aryl methyl sites for hydroxylation is 2. The van der Waals surface area contributed by atoms with E-state index in [1.165, 1.54) is 5.56 Å². The van der Waals surface area contributed by atoms with Gasteiger partial charge in [-0.05, 0) is 61.6 Å². The van der Waals surface area contributed by atoms with Crippen LogP contribution in [0.15, 0.2) is 85.3 Å². The third-order valence-electron chi connectivity index (χ3n) is 6.80. The molecular weight excluding hydrogens is 486 g/mol. The van der Waals surface area contributed by atoms with Gasteiger partial charge in [0.05, 0.1) is 29.9 Å². The number of nitrogens with one attached hydrogen (secondary N) is 1. The first-order chi connectivity index (χ1) is 19.0. The summed E-state index contributed by atoms with van der Waals surface area (Å²) in [7, 11) is 1.87. The van der Waals surface area contributed by atoms with Gasteiger partial charge in [-0.25, -0.2) is 4.98 Å². The van der Waals surface area contributed by atoms with Gasteiger partial charge in [0.1, 0.15) is 17.7 Å². The van der Waals surface area contributed by atoms with Crippen molar-refractivity contribution in [3.05, 3.63) is 108 Å². The van der Waals surface area contributed by atoms with Gasteiger partial charge in [0.15, 0.2) is 0 Å². The molecule has 2 aromatic carbocycles. The first-order valence-corrected chi connectivity index (χ1v) is 13.5. The van der Waals surface area contributed by atoms with Crippen LogP contribution in [-0.2, 0) is 18.3 Å². The summed E-state index contributed by atoms with van der Waals surface area (Å²) in [5, 5.41) is 16.1.